The lowest BCUT2D eigenvalue weighted by Crippen LogP contribution is -2.17. The van der Waals surface area contributed by atoms with E-state index in [1.54, 1.807) is 6.92 Å². The van der Waals surface area contributed by atoms with Gasteiger partial charge in [-0.25, -0.2) is 8.78 Å². The van der Waals surface area contributed by atoms with Gasteiger partial charge in [0.1, 0.15) is 6.61 Å². The van der Waals surface area contributed by atoms with Gasteiger partial charge in [0.15, 0.2) is 17.4 Å². The van der Waals surface area contributed by atoms with Crippen LogP contribution in [0.3, 0.4) is 0 Å². The summed E-state index contributed by atoms with van der Waals surface area (Å²) in [5.41, 5.74) is 5.63. The minimum Gasteiger partial charge on any atom is -0.485 e. The van der Waals surface area contributed by atoms with Crippen molar-refractivity contribution in [3.05, 3.63) is 29.3 Å². The van der Waals surface area contributed by atoms with Crippen LogP contribution >= 0.6 is 0 Å². The van der Waals surface area contributed by atoms with Crippen molar-refractivity contribution >= 4 is 0 Å². The summed E-state index contributed by atoms with van der Waals surface area (Å²) in [5.74, 6) is -2.07. The van der Waals surface area contributed by atoms with E-state index < -0.39 is 23.5 Å². The van der Waals surface area contributed by atoms with Gasteiger partial charge < -0.3 is 15.6 Å². The van der Waals surface area contributed by atoms with Gasteiger partial charge in [-0.15, -0.1) is 0 Å². The molecule has 90 valence electrons. The highest BCUT2D eigenvalue weighted by Crippen LogP contribution is 2.23. The highest BCUT2D eigenvalue weighted by Gasteiger charge is 2.13. The van der Waals surface area contributed by atoms with Crippen molar-refractivity contribution in [3.63, 3.8) is 0 Å². The van der Waals surface area contributed by atoms with Gasteiger partial charge in [0.05, 0.1) is 6.10 Å². The highest BCUT2D eigenvalue weighted by molar-refractivity contribution is 5.31. The second-order valence-electron chi connectivity index (χ2n) is 3.47. The van der Waals surface area contributed by atoms with Gasteiger partial charge in [0.2, 0.25) is 0 Å². The van der Waals surface area contributed by atoms with E-state index in [-0.39, 0.29) is 13.2 Å². The Morgan fingerprint density at radius 2 is 1.94 bits per heavy atom. The second-order valence-corrected chi connectivity index (χ2v) is 3.47. The van der Waals surface area contributed by atoms with E-state index in [9.17, 15) is 13.9 Å². The molecule has 0 amide bonds. The molecule has 1 atom stereocenters. The van der Waals surface area contributed by atoms with Crippen LogP contribution in [-0.4, -0.2) is 17.8 Å². The normalized spacial score (nSPS) is 12.6. The van der Waals surface area contributed by atoms with Crippen molar-refractivity contribution < 1.29 is 18.6 Å². The molecule has 0 aromatic heterocycles. The Labute approximate surface area is 92.8 Å². The summed E-state index contributed by atoms with van der Waals surface area (Å²) in [6.45, 7) is 1.68. The smallest absolute Gasteiger partial charge is 0.190 e. The largest absolute Gasteiger partial charge is 0.485 e. The zero-order chi connectivity index (χ0) is 12.1. The number of halogens is 2. The SMILES string of the molecule is CCC(O)COc1c(F)cc(CN)cc1F. The third kappa shape index (κ3) is 3.15. The molecule has 0 bridgehead atoms. The van der Waals surface area contributed by atoms with Crippen LogP contribution in [0, 0.1) is 11.6 Å². The zero-order valence-corrected chi connectivity index (χ0v) is 9.04. The predicted molar refractivity (Wildman–Crippen MR) is 56.0 cm³/mol. The van der Waals surface area contributed by atoms with Gasteiger partial charge in [-0.3, -0.25) is 0 Å². The Morgan fingerprint density at radius 3 is 2.38 bits per heavy atom. The predicted octanol–water partition coefficient (Wildman–Crippen LogP) is 1.57. The summed E-state index contributed by atoms with van der Waals surface area (Å²) >= 11 is 0. The Hall–Kier alpha value is -1.20. The summed E-state index contributed by atoms with van der Waals surface area (Å²) in [5, 5.41) is 9.21. The monoisotopic (exact) mass is 231 g/mol. The fourth-order valence-electron chi connectivity index (χ4n) is 1.17. The number of aliphatic hydroxyl groups excluding tert-OH is 1. The van der Waals surface area contributed by atoms with Crippen molar-refractivity contribution in [2.45, 2.75) is 26.0 Å². The molecule has 0 heterocycles. The van der Waals surface area contributed by atoms with E-state index in [0.717, 1.165) is 12.1 Å². The van der Waals surface area contributed by atoms with E-state index in [1.165, 1.54) is 0 Å². The Bertz CT molecular complexity index is 335. The number of hydrogen-bond donors (Lipinski definition) is 2. The molecule has 3 N–H and O–H groups in total. The van der Waals surface area contributed by atoms with Crippen molar-refractivity contribution in [2.24, 2.45) is 5.73 Å². The summed E-state index contributed by atoms with van der Waals surface area (Å²) in [4.78, 5) is 0. The molecular weight excluding hydrogens is 216 g/mol. The maximum Gasteiger partial charge on any atom is 0.190 e. The number of aliphatic hydroxyl groups is 1. The van der Waals surface area contributed by atoms with Crippen LogP contribution in [0.4, 0.5) is 8.78 Å². The van der Waals surface area contributed by atoms with Gasteiger partial charge in [0, 0.05) is 6.54 Å². The lowest BCUT2D eigenvalue weighted by Gasteiger charge is -2.12. The average Bonchev–Trinajstić information content (AvgIpc) is 2.27. The van der Waals surface area contributed by atoms with Gasteiger partial charge in [-0.1, -0.05) is 6.92 Å². The molecule has 3 nitrogen and oxygen atoms in total. The summed E-state index contributed by atoms with van der Waals surface area (Å²) in [7, 11) is 0. The molecule has 0 spiro atoms. The van der Waals surface area contributed by atoms with Gasteiger partial charge >= 0.3 is 0 Å². The second kappa shape index (κ2) is 5.77. The molecule has 0 saturated heterocycles. The minimum atomic E-state index is -0.802. The third-order valence-electron chi connectivity index (χ3n) is 2.19. The van der Waals surface area contributed by atoms with Crippen LogP contribution in [0.2, 0.25) is 0 Å². The maximum absolute atomic E-state index is 13.4. The zero-order valence-electron chi connectivity index (χ0n) is 9.04. The first-order valence-electron chi connectivity index (χ1n) is 5.07. The molecule has 0 saturated carbocycles. The maximum atomic E-state index is 13.4. The topological polar surface area (TPSA) is 55.5 Å². The number of ether oxygens (including phenoxy) is 1. The number of rotatable bonds is 5. The standard InChI is InChI=1S/C11H15F2NO2/c1-2-8(15)6-16-11-9(12)3-7(5-14)4-10(11)13/h3-4,8,15H,2,5-6,14H2,1H3. The first-order chi connectivity index (χ1) is 7.58. The first-order valence-corrected chi connectivity index (χ1v) is 5.07. The fraction of sp³-hybridized carbons (Fsp3) is 0.455. The summed E-state index contributed by atoms with van der Waals surface area (Å²) in [6.07, 6.45) is -0.266. The van der Waals surface area contributed by atoms with Crippen LogP contribution in [0.25, 0.3) is 0 Å². The molecular formula is C11H15F2NO2. The van der Waals surface area contributed by atoms with Crippen LogP contribution in [-0.2, 0) is 6.54 Å². The van der Waals surface area contributed by atoms with Crippen molar-refractivity contribution in [1.29, 1.82) is 0 Å². The molecule has 5 heteroatoms. The van der Waals surface area contributed by atoms with E-state index in [2.05, 4.69) is 0 Å². The Balaban J connectivity index is 2.80. The summed E-state index contributed by atoms with van der Waals surface area (Å²) in [6, 6.07) is 2.24. The fourth-order valence-corrected chi connectivity index (χ4v) is 1.17. The molecule has 16 heavy (non-hydrogen) atoms. The lowest BCUT2D eigenvalue weighted by molar-refractivity contribution is 0.0994. The van der Waals surface area contributed by atoms with Crippen molar-refractivity contribution in [1.82, 2.24) is 0 Å². The molecule has 0 aliphatic rings. The molecule has 0 aliphatic heterocycles. The first kappa shape index (κ1) is 12.9. The number of nitrogens with two attached hydrogens (primary N) is 1. The van der Waals surface area contributed by atoms with E-state index in [1.807, 2.05) is 0 Å². The van der Waals surface area contributed by atoms with E-state index in [0.29, 0.717) is 12.0 Å². The Kier molecular flexibility index (Phi) is 4.64. The molecule has 0 radical (unpaired) electrons. The van der Waals surface area contributed by atoms with Crippen molar-refractivity contribution in [3.8, 4) is 5.75 Å². The molecule has 0 aliphatic carbocycles. The molecule has 1 rings (SSSR count). The van der Waals surface area contributed by atoms with Crippen molar-refractivity contribution in [2.75, 3.05) is 6.61 Å². The van der Waals surface area contributed by atoms with Crippen LogP contribution in [0.15, 0.2) is 12.1 Å². The van der Waals surface area contributed by atoms with E-state index >= 15 is 0 Å². The lowest BCUT2D eigenvalue weighted by atomic mass is 10.2. The third-order valence-corrected chi connectivity index (χ3v) is 2.19. The minimum absolute atomic E-state index is 0.0612. The molecule has 1 aromatic rings. The van der Waals surface area contributed by atoms with Crippen LogP contribution in [0.1, 0.15) is 18.9 Å². The molecule has 1 aromatic carbocycles. The molecule has 0 fully saturated rings. The van der Waals surface area contributed by atoms with Crippen LogP contribution in [0.5, 0.6) is 5.75 Å². The highest BCUT2D eigenvalue weighted by atomic mass is 19.1. The van der Waals surface area contributed by atoms with Gasteiger partial charge in [-0.2, -0.15) is 0 Å². The van der Waals surface area contributed by atoms with Gasteiger partial charge in [-0.05, 0) is 24.1 Å². The average molecular weight is 231 g/mol. The van der Waals surface area contributed by atoms with Gasteiger partial charge in [0.25, 0.3) is 0 Å². The summed E-state index contributed by atoms with van der Waals surface area (Å²) < 4.78 is 31.6. The van der Waals surface area contributed by atoms with Crippen LogP contribution < -0.4 is 10.5 Å². The quantitative estimate of drug-likeness (QED) is 0.808. The number of hydrogen-bond acceptors (Lipinski definition) is 3. The van der Waals surface area contributed by atoms with E-state index in [4.69, 9.17) is 10.5 Å². The number of benzene rings is 1. The molecule has 1 unspecified atom stereocenters. The Morgan fingerprint density at radius 1 is 1.38 bits per heavy atom.